The Balaban J connectivity index is 1.41. The lowest BCUT2D eigenvalue weighted by atomic mass is 10.1. The van der Waals surface area contributed by atoms with Crippen LogP contribution in [0.3, 0.4) is 0 Å². The van der Waals surface area contributed by atoms with E-state index in [1.807, 2.05) is 0 Å². The molecule has 0 bridgehead atoms. The monoisotopic (exact) mass is 458 g/mol. The summed E-state index contributed by atoms with van der Waals surface area (Å²) in [6.45, 7) is 9.04. The van der Waals surface area contributed by atoms with Crippen LogP contribution in [0.15, 0.2) is 46.4 Å². The van der Waals surface area contributed by atoms with Crippen molar-refractivity contribution in [2.45, 2.75) is 51.4 Å². The molecule has 0 saturated carbocycles. The molecule has 180 valence electrons. The molecular weight excluding hydrogens is 420 g/mol. The van der Waals surface area contributed by atoms with Gasteiger partial charge in [-0.05, 0) is 63.5 Å². The van der Waals surface area contributed by atoms with Gasteiger partial charge in [0.1, 0.15) is 0 Å². The third kappa shape index (κ3) is 4.35. The van der Waals surface area contributed by atoms with Crippen LogP contribution >= 0.6 is 0 Å². The minimum Gasteiger partial charge on any atom is -0.343 e. The van der Waals surface area contributed by atoms with Gasteiger partial charge >= 0.3 is 0 Å². The minimum atomic E-state index is 1.08. The molecule has 0 unspecified atom stereocenters. The summed E-state index contributed by atoms with van der Waals surface area (Å²) in [4.78, 5) is 20.7. The Morgan fingerprint density at radius 2 is 0.735 bits per heavy atom. The highest BCUT2D eigenvalue weighted by molar-refractivity contribution is 6.02. The summed E-state index contributed by atoms with van der Waals surface area (Å²) in [5.41, 5.74) is 2.15. The van der Waals surface area contributed by atoms with Crippen molar-refractivity contribution in [2.75, 3.05) is 52.4 Å². The first-order chi connectivity index (χ1) is 16.9. The summed E-state index contributed by atoms with van der Waals surface area (Å²) in [6.07, 6.45) is 10.2. The van der Waals surface area contributed by atoms with Crippen molar-refractivity contribution in [1.29, 1.82) is 0 Å². The van der Waals surface area contributed by atoms with Crippen LogP contribution in [0.5, 0.6) is 0 Å². The van der Waals surface area contributed by atoms with Gasteiger partial charge in [0, 0.05) is 63.1 Å². The van der Waals surface area contributed by atoms with E-state index in [0.717, 1.165) is 63.7 Å². The van der Waals surface area contributed by atoms with Gasteiger partial charge in [-0.2, -0.15) is 0 Å². The van der Waals surface area contributed by atoms with Crippen LogP contribution in [0.1, 0.15) is 51.4 Å². The maximum Gasteiger partial charge on any atom is 0.201 e. The Kier molecular flexibility index (Phi) is 6.30. The number of benzene rings is 2. The van der Waals surface area contributed by atoms with E-state index in [4.69, 9.17) is 9.98 Å². The summed E-state index contributed by atoms with van der Waals surface area (Å²) >= 11 is 0. The van der Waals surface area contributed by atoms with Gasteiger partial charge in [-0.3, -0.25) is 0 Å². The molecule has 0 amide bonds. The molecule has 0 N–H and O–H groups in total. The predicted molar refractivity (Wildman–Crippen MR) is 141 cm³/mol. The van der Waals surface area contributed by atoms with Crippen molar-refractivity contribution >= 4 is 34.1 Å². The average Bonchev–Trinajstić information content (AvgIpc) is 3.69. The highest BCUT2D eigenvalue weighted by Gasteiger charge is 2.26. The fraction of sp³-hybridized carbons (Fsp3) is 0.571. The Hall–Kier alpha value is -2.76. The zero-order valence-corrected chi connectivity index (χ0v) is 20.5. The predicted octanol–water partition coefficient (Wildman–Crippen LogP) is 5.20. The Bertz CT molecular complexity index is 931. The first-order valence-corrected chi connectivity index (χ1v) is 13.6. The number of hydrogen-bond donors (Lipinski definition) is 0. The third-order valence-electron chi connectivity index (χ3n) is 7.87. The van der Waals surface area contributed by atoms with Gasteiger partial charge in [-0.1, -0.05) is 24.3 Å². The second-order valence-electron chi connectivity index (χ2n) is 10.2. The molecule has 4 fully saturated rings. The quantitative estimate of drug-likeness (QED) is 0.458. The minimum absolute atomic E-state index is 1.08. The molecule has 0 spiro atoms. The van der Waals surface area contributed by atoms with Gasteiger partial charge < -0.3 is 19.6 Å². The van der Waals surface area contributed by atoms with E-state index in [1.54, 1.807) is 0 Å². The molecule has 4 aliphatic rings. The maximum atomic E-state index is 5.33. The molecule has 4 saturated heterocycles. The summed E-state index contributed by atoms with van der Waals surface area (Å²) < 4.78 is 0. The average molecular weight is 459 g/mol. The standard InChI is InChI=1S/C28H38N6/c1-2-16-31(15-1)27(32-17-3-4-18-32)29-25-13-9-12-24-23(25)11-10-14-26(24)30-28(33-19-5-6-20-33)34-21-7-8-22-34/h9-14H,1-8,15-22H2. The number of guanidine groups is 2. The summed E-state index contributed by atoms with van der Waals surface area (Å²) in [6, 6.07) is 13.1. The molecule has 6 rings (SSSR count). The topological polar surface area (TPSA) is 37.7 Å². The van der Waals surface area contributed by atoms with Gasteiger partial charge in [0.15, 0.2) is 0 Å². The zero-order valence-electron chi connectivity index (χ0n) is 20.5. The van der Waals surface area contributed by atoms with E-state index in [-0.39, 0.29) is 0 Å². The summed E-state index contributed by atoms with van der Waals surface area (Å²) in [5.74, 6) is 2.37. The van der Waals surface area contributed by atoms with Crippen molar-refractivity contribution in [2.24, 2.45) is 9.98 Å². The molecule has 34 heavy (non-hydrogen) atoms. The first-order valence-electron chi connectivity index (χ1n) is 13.6. The molecule has 6 nitrogen and oxygen atoms in total. The van der Waals surface area contributed by atoms with E-state index < -0.39 is 0 Å². The highest BCUT2D eigenvalue weighted by atomic mass is 15.4. The summed E-state index contributed by atoms with van der Waals surface area (Å²) in [5, 5.41) is 2.42. The number of rotatable bonds is 2. The molecule has 0 atom stereocenters. The van der Waals surface area contributed by atoms with Crippen molar-refractivity contribution < 1.29 is 0 Å². The first kappa shape index (κ1) is 21.8. The van der Waals surface area contributed by atoms with Crippen molar-refractivity contribution in [3.05, 3.63) is 36.4 Å². The Labute approximate surface area is 203 Å². The van der Waals surface area contributed by atoms with Crippen molar-refractivity contribution in [1.82, 2.24) is 19.6 Å². The van der Waals surface area contributed by atoms with Crippen LogP contribution in [0.25, 0.3) is 10.8 Å². The number of nitrogens with zero attached hydrogens (tertiary/aromatic N) is 6. The lowest BCUT2D eigenvalue weighted by molar-refractivity contribution is 0.395. The van der Waals surface area contributed by atoms with E-state index in [9.17, 15) is 0 Å². The molecule has 4 heterocycles. The molecular formula is C28H38N6. The normalized spacial score (nSPS) is 20.6. The van der Waals surface area contributed by atoms with E-state index in [2.05, 4.69) is 56.0 Å². The number of fused-ring (bicyclic) bond motifs is 1. The molecule has 0 radical (unpaired) electrons. The van der Waals surface area contributed by atoms with Gasteiger partial charge in [-0.25, -0.2) is 9.98 Å². The Morgan fingerprint density at radius 1 is 0.441 bits per heavy atom. The van der Waals surface area contributed by atoms with E-state index in [0.29, 0.717) is 0 Å². The number of hydrogen-bond acceptors (Lipinski definition) is 2. The molecule has 2 aromatic rings. The molecule has 0 aliphatic carbocycles. The van der Waals surface area contributed by atoms with Crippen LogP contribution in [-0.4, -0.2) is 83.9 Å². The van der Waals surface area contributed by atoms with Crippen LogP contribution in [-0.2, 0) is 0 Å². The number of likely N-dealkylation sites (tertiary alicyclic amines) is 4. The summed E-state index contributed by atoms with van der Waals surface area (Å²) in [7, 11) is 0. The number of aliphatic imine (C=N–C) groups is 2. The molecule has 2 aromatic carbocycles. The molecule has 4 aliphatic heterocycles. The van der Waals surface area contributed by atoms with Gasteiger partial charge in [0.05, 0.1) is 11.4 Å². The van der Waals surface area contributed by atoms with Gasteiger partial charge in [-0.15, -0.1) is 0 Å². The van der Waals surface area contributed by atoms with Crippen LogP contribution < -0.4 is 0 Å². The second-order valence-corrected chi connectivity index (χ2v) is 10.2. The van der Waals surface area contributed by atoms with Crippen molar-refractivity contribution in [3.8, 4) is 0 Å². The highest BCUT2D eigenvalue weighted by Crippen LogP contribution is 2.34. The van der Waals surface area contributed by atoms with Crippen LogP contribution in [0.4, 0.5) is 11.4 Å². The fourth-order valence-electron chi connectivity index (χ4n) is 6.04. The largest absolute Gasteiger partial charge is 0.343 e. The molecule has 0 aromatic heterocycles. The van der Waals surface area contributed by atoms with E-state index >= 15 is 0 Å². The SMILES string of the molecule is c1cc(N=C(N2CCCC2)N2CCCC2)c2cccc(N=C(N3CCCC3)N3CCCC3)c2c1. The second kappa shape index (κ2) is 9.85. The van der Waals surface area contributed by atoms with Gasteiger partial charge in [0.2, 0.25) is 11.9 Å². The van der Waals surface area contributed by atoms with Crippen molar-refractivity contribution in [3.63, 3.8) is 0 Å². The Morgan fingerprint density at radius 3 is 1.03 bits per heavy atom. The lowest BCUT2D eigenvalue weighted by Gasteiger charge is -2.29. The van der Waals surface area contributed by atoms with E-state index in [1.165, 1.54) is 74.1 Å². The van der Waals surface area contributed by atoms with Crippen LogP contribution in [0, 0.1) is 0 Å². The fourth-order valence-corrected chi connectivity index (χ4v) is 6.04. The lowest BCUT2D eigenvalue weighted by Crippen LogP contribution is -2.41. The van der Waals surface area contributed by atoms with Crippen LogP contribution in [0.2, 0.25) is 0 Å². The zero-order chi connectivity index (χ0) is 22.7. The smallest absolute Gasteiger partial charge is 0.201 e. The third-order valence-corrected chi connectivity index (χ3v) is 7.87. The molecule has 6 heteroatoms. The maximum absolute atomic E-state index is 5.33. The van der Waals surface area contributed by atoms with Gasteiger partial charge in [0.25, 0.3) is 0 Å².